The Morgan fingerprint density at radius 1 is 1.06 bits per heavy atom. The van der Waals surface area contributed by atoms with Crippen molar-refractivity contribution in [3.05, 3.63) is 63.5 Å². The monoisotopic (exact) mass is 463 g/mol. The second-order valence-corrected chi connectivity index (χ2v) is 13.2. The molecule has 4 nitrogen and oxygen atoms in total. The Kier molecular flexibility index (Phi) is 5.25. The molecule has 1 aromatic carbocycles. The van der Waals surface area contributed by atoms with Crippen LogP contribution >= 0.6 is 0 Å². The third kappa shape index (κ3) is 3.36. The van der Waals surface area contributed by atoms with Crippen LogP contribution in [0.1, 0.15) is 70.8 Å². The molecule has 0 saturated heterocycles. The van der Waals surface area contributed by atoms with Crippen molar-refractivity contribution in [2.45, 2.75) is 77.0 Å². The third-order valence-electron chi connectivity index (χ3n) is 9.57. The van der Waals surface area contributed by atoms with Crippen LogP contribution in [-0.2, 0) is 14.6 Å². The Morgan fingerprint density at radius 2 is 1.79 bits per heavy atom. The SMILES string of the molecule is [C-]#[N+]C(=C1CC2=CC(=O)CC[C@]2(C)[C@H]2CC[C@]3(C)CCC[C@H]3[C@H]12)S(=O)(=O)c1ccc(C)cc1. The van der Waals surface area contributed by atoms with Gasteiger partial charge in [-0.15, -0.1) is 0 Å². The number of carbonyl (C=O) groups is 1. The number of allylic oxidation sites excluding steroid dienone is 2. The fraction of sp³-hybridized carbons (Fsp3) is 0.571. The maximum atomic E-state index is 13.8. The zero-order valence-electron chi connectivity index (χ0n) is 19.9. The van der Waals surface area contributed by atoms with Crippen molar-refractivity contribution in [3.8, 4) is 0 Å². The van der Waals surface area contributed by atoms with Crippen LogP contribution in [0.15, 0.2) is 51.4 Å². The first-order valence-electron chi connectivity index (χ1n) is 12.3. The number of benzene rings is 1. The molecule has 0 N–H and O–H groups in total. The van der Waals surface area contributed by atoms with Crippen molar-refractivity contribution >= 4 is 15.6 Å². The summed E-state index contributed by atoms with van der Waals surface area (Å²) in [6.45, 7) is 14.6. The Bertz CT molecular complexity index is 1220. The molecule has 4 aliphatic carbocycles. The highest BCUT2D eigenvalue weighted by Gasteiger charge is 2.58. The minimum atomic E-state index is -3.92. The van der Waals surface area contributed by atoms with Gasteiger partial charge < -0.3 is 0 Å². The summed E-state index contributed by atoms with van der Waals surface area (Å²) in [5.41, 5.74) is 2.96. The molecule has 0 radical (unpaired) electrons. The van der Waals surface area contributed by atoms with Gasteiger partial charge in [0.2, 0.25) is 9.84 Å². The van der Waals surface area contributed by atoms with Gasteiger partial charge in [-0.1, -0.05) is 43.5 Å². The maximum Gasteiger partial charge on any atom is 0.282 e. The molecule has 4 aliphatic rings. The van der Waals surface area contributed by atoms with E-state index in [4.69, 9.17) is 6.57 Å². The van der Waals surface area contributed by atoms with Crippen LogP contribution in [0.3, 0.4) is 0 Å². The van der Waals surface area contributed by atoms with Gasteiger partial charge in [-0.05, 0) is 97.8 Å². The van der Waals surface area contributed by atoms with E-state index in [9.17, 15) is 13.2 Å². The molecule has 0 bridgehead atoms. The number of hydrogen-bond donors (Lipinski definition) is 0. The molecule has 5 atom stereocenters. The number of fused-ring (bicyclic) bond motifs is 5. The minimum Gasteiger partial charge on any atom is -0.295 e. The Labute approximate surface area is 197 Å². The van der Waals surface area contributed by atoms with Gasteiger partial charge in [-0.2, -0.15) is 0 Å². The van der Waals surface area contributed by atoms with Gasteiger partial charge in [-0.25, -0.2) is 13.3 Å². The Hall–Kier alpha value is -2.19. The largest absolute Gasteiger partial charge is 0.295 e. The summed E-state index contributed by atoms with van der Waals surface area (Å²) in [5.74, 6) is 0.937. The summed E-state index contributed by atoms with van der Waals surface area (Å²) in [6, 6.07) is 6.81. The van der Waals surface area contributed by atoms with E-state index in [-0.39, 0.29) is 32.5 Å². The smallest absolute Gasteiger partial charge is 0.282 e. The van der Waals surface area contributed by atoms with Crippen LogP contribution in [0.4, 0.5) is 0 Å². The molecule has 1 aromatic rings. The predicted octanol–water partition coefficient (Wildman–Crippen LogP) is 6.43. The summed E-state index contributed by atoms with van der Waals surface area (Å²) < 4.78 is 27.5. The molecule has 0 spiro atoms. The van der Waals surface area contributed by atoms with Crippen molar-refractivity contribution in [1.82, 2.24) is 0 Å². The van der Waals surface area contributed by atoms with E-state index >= 15 is 0 Å². The second kappa shape index (κ2) is 7.67. The standard InChI is InChI=1S/C28H33NO3S/c1-18-7-9-21(10-8-18)33(31,32)26(29-4)22-17-19-16-20(30)11-15-28(19,3)24-12-14-27(2)13-5-6-23(27)25(22)24/h7-10,16,23-25H,5-6,11-15,17H2,1-3H3/t23-,24-,25-,27-,28-/m0/s1. The molecular weight excluding hydrogens is 430 g/mol. The van der Waals surface area contributed by atoms with Crippen molar-refractivity contribution < 1.29 is 13.2 Å². The summed E-state index contributed by atoms with van der Waals surface area (Å²) in [4.78, 5) is 16.3. The van der Waals surface area contributed by atoms with E-state index in [1.807, 2.05) is 6.92 Å². The van der Waals surface area contributed by atoms with Gasteiger partial charge in [0.05, 0.1) is 11.5 Å². The van der Waals surface area contributed by atoms with E-state index in [2.05, 4.69) is 18.7 Å². The van der Waals surface area contributed by atoms with E-state index in [1.54, 1.807) is 30.3 Å². The topological polar surface area (TPSA) is 55.6 Å². The summed E-state index contributed by atoms with van der Waals surface area (Å²) in [5, 5.41) is -0.0847. The molecule has 0 amide bonds. The Balaban J connectivity index is 1.73. The molecule has 0 aromatic heterocycles. The zero-order chi connectivity index (χ0) is 23.6. The molecule has 5 heteroatoms. The second-order valence-electron chi connectivity index (χ2n) is 11.3. The van der Waals surface area contributed by atoms with Crippen LogP contribution in [-0.4, -0.2) is 14.2 Å². The number of nitrogens with zero attached hydrogens (tertiary/aromatic N) is 1. The summed E-state index contributed by atoms with van der Waals surface area (Å²) >= 11 is 0. The van der Waals surface area contributed by atoms with Gasteiger partial charge in [-0.3, -0.25) is 4.79 Å². The first-order chi connectivity index (χ1) is 15.6. The molecule has 0 heterocycles. The lowest BCUT2D eigenvalue weighted by atomic mass is 9.46. The molecular formula is C28H33NO3S. The highest BCUT2D eigenvalue weighted by molar-refractivity contribution is 7.95. The van der Waals surface area contributed by atoms with E-state index < -0.39 is 9.84 Å². The van der Waals surface area contributed by atoms with Crippen LogP contribution in [0.2, 0.25) is 0 Å². The quantitative estimate of drug-likeness (QED) is 0.475. The number of rotatable bonds is 2. The molecule has 174 valence electrons. The zero-order valence-corrected chi connectivity index (χ0v) is 20.7. The highest BCUT2D eigenvalue weighted by Crippen LogP contribution is 2.67. The number of hydrogen-bond acceptors (Lipinski definition) is 3. The van der Waals surface area contributed by atoms with E-state index in [0.29, 0.717) is 24.7 Å². The summed E-state index contributed by atoms with van der Waals surface area (Å²) in [7, 11) is -3.92. The molecule has 33 heavy (non-hydrogen) atoms. The molecule has 5 rings (SSSR count). The van der Waals surface area contributed by atoms with Crippen molar-refractivity contribution in [1.29, 1.82) is 0 Å². The molecule has 0 unspecified atom stereocenters. The lowest BCUT2D eigenvalue weighted by molar-refractivity contribution is -0.116. The number of ketones is 1. The fourth-order valence-corrected chi connectivity index (χ4v) is 9.05. The number of sulfone groups is 1. The summed E-state index contributed by atoms with van der Waals surface area (Å²) in [6.07, 6.45) is 9.29. The predicted molar refractivity (Wildman–Crippen MR) is 129 cm³/mol. The van der Waals surface area contributed by atoms with Gasteiger partial charge in [0.25, 0.3) is 5.03 Å². The van der Waals surface area contributed by atoms with Crippen LogP contribution in [0, 0.1) is 42.1 Å². The lowest BCUT2D eigenvalue weighted by Gasteiger charge is -2.58. The van der Waals surface area contributed by atoms with Crippen LogP contribution < -0.4 is 0 Å². The molecule has 0 aliphatic heterocycles. The highest BCUT2D eigenvalue weighted by atomic mass is 32.2. The normalized spacial score (nSPS) is 37.3. The van der Waals surface area contributed by atoms with E-state index in [1.165, 1.54) is 12.8 Å². The van der Waals surface area contributed by atoms with Crippen LogP contribution in [0.25, 0.3) is 4.85 Å². The average molecular weight is 464 g/mol. The van der Waals surface area contributed by atoms with Crippen LogP contribution in [0.5, 0.6) is 0 Å². The average Bonchev–Trinajstić information content (AvgIpc) is 3.17. The van der Waals surface area contributed by atoms with Gasteiger partial charge in [0.15, 0.2) is 5.78 Å². The number of carbonyl (C=O) groups excluding carboxylic acids is 1. The van der Waals surface area contributed by atoms with Crippen molar-refractivity contribution in [2.75, 3.05) is 0 Å². The Morgan fingerprint density at radius 3 is 2.48 bits per heavy atom. The van der Waals surface area contributed by atoms with Crippen molar-refractivity contribution in [3.63, 3.8) is 0 Å². The third-order valence-corrected chi connectivity index (χ3v) is 11.3. The molecule has 3 fully saturated rings. The first kappa shape index (κ1) is 22.6. The molecule has 3 saturated carbocycles. The lowest BCUT2D eigenvalue weighted by Crippen LogP contribution is -2.50. The number of aryl methyl sites for hydroxylation is 1. The van der Waals surface area contributed by atoms with Gasteiger partial charge >= 0.3 is 0 Å². The van der Waals surface area contributed by atoms with Crippen molar-refractivity contribution in [2.24, 2.45) is 28.6 Å². The van der Waals surface area contributed by atoms with Gasteiger partial charge in [0.1, 0.15) is 0 Å². The fourth-order valence-electron chi connectivity index (χ4n) is 7.65. The van der Waals surface area contributed by atoms with E-state index in [0.717, 1.165) is 42.4 Å². The van der Waals surface area contributed by atoms with Gasteiger partial charge in [0, 0.05) is 6.42 Å². The maximum absolute atomic E-state index is 13.8. The first-order valence-corrected chi connectivity index (χ1v) is 13.7. The minimum absolute atomic E-state index is 0.0766.